The molecule has 0 saturated heterocycles. The summed E-state index contributed by atoms with van der Waals surface area (Å²) in [6.45, 7) is 2.22. The summed E-state index contributed by atoms with van der Waals surface area (Å²) in [5, 5.41) is 0. The van der Waals surface area contributed by atoms with Crippen LogP contribution >= 0.6 is 0 Å². The van der Waals surface area contributed by atoms with Crippen LogP contribution < -0.4 is 5.73 Å². The Bertz CT molecular complexity index is 287. The first-order valence-electron chi connectivity index (χ1n) is 5.85. The van der Waals surface area contributed by atoms with Crippen molar-refractivity contribution in [3.05, 3.63) is 0 Å². The number of sulfone groups is 1. The van der Waals surface area contributed by atoms with Crippen LogP contribution in [0.3, 0.4) is 0 Å². The Morgan fingerprint density at radius 1 is 1.40 bits per heavy atom. The molecule has 15 heavy (non-hydrogen) atoms. The summed E-state index contributed by atoms with van der Waals surface area (Å²) in [7, 11) is -2.85. The zero-order chi connectivity index (χ0) is 11.5. The fraction of sp³-hybridized carbons (Fsp3) is 1.00. The van der Waals surface area contributed by atoms with E-state index in [0.717, 1.165) is 5.92 Å². The molecule has 0 amide bonds. The van der Waals surface area contributed by atoms with Gasteiger partial charge in [-0.05, 0) is 31.1 Å². The molecule has 1 rings (SSSR count). The second-order valence-electron chi connectivity index (χ2n) is 4.93. The second kappa shape index (κ2) is 5.30. The fourth-order valence-electron chi connectivity index (χ4n) is 2.46. The Balaban J connectivity index is 2.32. The summed E-state index contributed by atoms with van der Waals surface area (Å²) < 4.78 is 22.0. The zero-order valence-electron chi connectivity index (χ0n) is 9.78. The Morgan fingerprint density at radius 2 is 2.07 bits per heavy atom. The molecule has 0 bridgehead atoms. The number of hydrogen-bond donors (Lipinski definition) is 1. The van der Waals surface area contributed by atoms with Gasteiger partial charge in [-0.25, -0.2) is 8.42 Å². The lowest BCUT2D eigenvalue weighted by Gasteiger charge is -2.18. The standard InChI is InChI=1S/C11H23NO2S/c1-3-9-4-5-10(8-9)11(12)6-7-15(2,13)14/h9-11H,3-8,12H2,1-2H3. The van der Waals surface area contributed by atoms with Crippen LogP contribution in [0, 0.1) is 11.8 Å². The third kappa shape index (κ3) is 4.51. The van der Waals surface area contributed by atoms with Crippen LogP contribution in [-0.2, 0) is 9.84 Å². The van der Waals surface area contributed by atoms with Gasteiger partial charge in [0.25, 0.3) is 0 Å². The van der Waals surface area contributed by atoms with E-state index >= 15 is 0 Å². The van der Waals surface area contributed by atoms with Gasteiger partial charge in [-0.3, -0.25) is 0 Å². The molecular weight excluding hydrogens is 210 g/mol. The van der Waals surface area contributed by atoms with E-state index < -0.39 is 9.84 Å². The van der Waals surface area contributed by atoms with Gasteiger partial charge in [-0.15, -0.1) is 0 Å². The predicted octanol–water partition coefficient (Wildman–Crippen LogP) is 1.57. The molecule has 0 heterocycles. The largest absolute Gasteiger partial charge is 0.327 e. The van der Waals surface area contributed by atoms with Crippen molar-refractivity contribution < 1.29 is 8.42 Å². The second-order valence-corrected chi connectivity index (χ2v) is 7.19. The van der Waals surface area contributed by atoms with Gasteiger partial charge in [0.1, 0.15) is 9.84 Å². The van der Waals surface area contributed by atoms with Crippen molar-refractivity contribution in [1.82, 2.24) is 0 Å². The number of nitrogens with two attached hydrogens (primary N) is 1. The molecule has 1 saturated carbocycles. The van der Waals surface area contributed by atoms with E-state index in [0.29, 0.717) is 12.3 Å². The summed E-state index contributed by atoms with van der Waals surface area (Å²) >= 11 is 0. The fourth-order valence-corrected chi connectivity index (χ4v) is 3.16. The van der Waals surface area contributed by atoms with E-state index in [1.807, 2.05) is 0 Å². The topological polar surface area (TPSA) is 60.2 Å². The molecular formula is C11H23NO2S. The lowest BCUT2D eigenvalue weighted by Crippen LogP contribution is -2.30. The molecule has 0 aromatic heterocycles. The Hall–Kier alpha value is -0.0900. The normalized spacial score (nSPS) is 29.3. The highest BCUT2D eigenvalue weighted by atomic mass is 32.2. The first-order chi connectivity index (χ1) is 6.92. The number of hydrogen-bond acceptors (Lipinski definition) is 3. The van der Waals surface area contributed by atoms with E-state index in [2.05, 4.69) is 6.92 Å². The van der Waals surface area contributed by atoms with Crippen molar-refractivity contribution in [3.8, 4) is 0 Å². The third-order valence-electron chi connectivity index (χ3n) is 3.59. The van der Waals surface area contributed by atoms with E-state index in [1.165, 1.54) is 31.9 Å². The lowest BCUT2D eigenvalue weighted by molar-refractivity contribution is 0.399. The minimum absolute atomic E-state index is 0.0799. The lowest BCUT2D eigenvalue weighted by atomic mass is 9.95. The molecule has 0 aromatic carbocycles. The van der Waals surface area contributed by atoms with Crippen molar-refractivity contribution in [2.45, 2.75) is 45.1 Å². The van der Waals surface area contributed by atoms with Crippen LogP contribution in [0.4, 0.5) is 0 Å². The van der Waals surface area contributed by atoms with Gasteiger partial charge in [0.15, 0.2) is 0 Å². The van der Waals surface area contributed by atoms with Gasteiger partial charge in [0.2, 0.25) is 0 Å². The molecule has 1 aliphatic carbocycles. The van der Waals surface area contributed by atoms with Crippen LogP contribution in [0.25, 0.3) is 0 Å². The molecule has 1 fully saturated rings. The molecule has 0 aromatic rings. The SMILES string of the molecule is CCC1CCC(C(N)CCS(C)(=O)=O)C1. The van der Waals surface area contributed by atoms with Crippen molar-refractivity contribution >= 4 is 9.84 Å². The van der Waals surface area contributed by atoms with Crippen LogP contribution in [0.15, 0.2) is 0 Å². The third-order valence-corrected chi connectivity index (χ3v) is 4.56. The first kappa shape index (κ1) is 13.0. The van der Waals surface area contributed by atoms with E-state index in [4.69, 9.17) is 5.73 Å². The van der Waals surface area contributed by atoms with Crippen LogP contribution in [0.2, 0.25) is 0 Å². The smallest absolute Gasteiger partial charge is 0.147 e. The Labute approximate surface area is 93.3 Å². The summed E-state index contributed by atoms with van der Waals surface area (Å²) in [6, 6.07) is 0.0799. The number of rotatable bonds is 5. The van der Waals surface area contributed by atoms with E-state index in [1.54, 1.807) is 0 Å². The van der Waals surface area contributed by atoms with Crippen molar-refractivity contribution in [1.29, 1.82) is 0 Å². The van der Waals surface area contributed by atoms with Crippen molar-refractivity contribution in [2.24, 2.45) is 17.6 Å². The van der Waals surface area contributed by atoms with Gasteiger partial charge in [0, 0.05) is 12.3 Å². The van der Waals surface area contributed by atoms with Crippen molar-refractivity contribution in [2.75, 3.05) is 12.0 Å². The Morgan fingerprint density at radius 3 is 2.53 bits per heavy atom. The van der Waals surface area contributed by atoms with Crippen LogP contribution in [-0.4, -0.2) is 26.5 Å². The van der Waals surface area contributed by atoms with Gasteiger partial charge in [0.05, 0.1) is 5.75 Å². The summed E-state index contributed by atoms with van der Waals surface area (Å²) in [6.07, 6.45) is 6.79. The highest BCUT2D eigenvalue weighted by Gasteiger charge is 2.28. The summed E-state index contributed by atoms with van der Waals surface area (Å²) in [4.78, 5) is 0. The molecule has 0 spiro atoms. The molecule has 3 nitrogen and oxygen atoms in total. The van der Waals surface area contributed by atoms with E-state index in [9.17, 15) is 8.42 Å². The van der Waals surface area contributed by atoms with E-state index in [-0.39, 0.29) is 11.8 Å². The quantitative estimate of drug-likeness (QED) is 0.784. The maximum Gasteiger partial charge on any atom is 0.147 e. The molecule has 4 heteroatoms. The van der Waals surface area contributed by atoms with Crippen molar-refractivity contribution in [3.63, 3.8) is 0 Å². The summed E-state index contributed by atoms with van der Waals surface area (Å²) in [5.41, 5.74) is 6.04. The van der Waals surface area contributed by atoms with Gasteiger partial charge < -0.3 is 5.73 Å². The average molecular weight is 233 g/mol. The minimum Gasteiger partial charge on any atom is -0.327 e. The molecule has 3 atom stereocenters. The summed E-state index contributed by atoms with van der Waals surface area (Å²) in [5.74, 6) is 1.61. The van der Waals surface area contributed by atoms with Crippen LogP contribution in [0.5, 0.6) is 0 Å². The Kier molecular flexibility index (Phi) is 4.59. The monoisotopic (exact) mass is 233 g/mol. The minimum atomic E-state index is -2.85. The van der Waals surface area contributed by atoms with Crippen LogP contribution in [0.1, 0.15) is 39.0 Å². The molecule has 0 aliphatic heterocycles. The maximum absolute atomic E-state index is 11.0. The molecule has 0 radical (unpaired) electrons. The predicted molar refractivity (Wildman–Crippen MR) is 63.4 cm³/mol. The maximum atomic E-state index is 11.0. The highest BCUT2D eigenvalue weighted by molar-refractivity contribution is 7.90. The average Bonchev–Trinajstić information content (AvgIpc) is 2.61. The molecule has 90 valence electrons. The molecule has 3 unspecified atom stereocenters. The molecule has 1 aliphatic rings. The van der Waals surface area contributed by atoms with Gasteiger partial charge in [-0.2, -0.15) is 0 Å². The molecule has 2 N–H and O–H groups in total. The first-order valence-corrected chi connectivity index (χ1v) is 7.91. The van der Waals surface area contributed by atoms with Gasteiger partial charge >= 0.3 is 0 Å². The highest BCUT2D eigenvalue weighted by Crippen LogP contribution is 2.35. The zero-order valence-corrected chi connectivity index (χ0v) is 10.6. The van der Waals surface area contributed by atoms with Gasteiger partial charge in [-0.1, -0.05) is 19.8 Å².